The maximum atomic E-state index is 5.38. The number of rotatable bonds is 5. The van der Waals surface area contributed by atoms with Gasteiger partial charge in [0.1, 0.15) is 11.5 Å². The van der Waals surface area contributed by atoms with E-state index in [0.29, 0.717) is 0 Å². The normalized spacial score (nSPS) is 12.0. The van der Waals surface area contributed by atoms with Crippen LogP contribution in [0.2, 0.25) is 0 Å². The first-order chi connectivity index (χ1) is 9.89. The van der Waals surface area contributed by atoms with Gasteiger partial charge in [-0.1, -0.05) is 0 Å². The van der Waals surface area contributed by atoms with Crippen LogP contribution in [-0.4, -0.2) is 39.3 Å². The van der Waals surface area contributed by atoms with Crippen molar-refractivity contribution in [2.75, 3.05) is 27.8 Å². The van der Waals surface area contributed by atoms with Crippen molar-refractivity contribution in [2.45, 2.75) is 32.7 Å². The highest BCUT2D eigenvalue weighted by Crippen LogP contribution is 2.24. The minimum absolute atomic E-state index is 0.0184. The lowest BCUT2D eigenvalue weighted by molar-refractivity contribution is 0.398. The number of methoxy groups -OCH3 is 2. The van der Waals surface area contributed by atoms with E-state index >= 15 is 0 Å². The number of nitrogens with zero attached hydrogens (tertiary/aromatic N) is 1. The van der Waals surface area contributed by atoms with Gasteiger partial charge in [-0.25, -0.2) is 0 Å². The fraction of sp³-hybridized carbons (Fsp3) is 0.562. The van der Waals surface area contributed by atoms with Crippen molar-refractivity contribution >= 4 is 5.96 Å². The van der Waals surface area contributed by atoms with Crippen LogP contribution in [0.1, 0.15) is 26.3 Å². The quantitative estimate of drug-likeness (QED) is 0.645. The molecule has 0 aromatic heterocycles. The summed E-state index contributed by atoms with van der Waals surface area (Å²) in [5.41, 5.74) is 1.09. The molecule has 118 valence electrons. The summed E-state index contributed by atoms with van der Waals surface area (Å²) in [4.78, 5) is 4.22. The maximum Gasteiger partial charge on any atom is 0.191 e. The fourth-order valence-corrected chi connectivity index (χ4v) is 1.93. The molecule has 0 spiro atoms. The second-order valence-corrected chi connectivity index (χ2v) is 5.80. The Balaban J connectivity index is 2.62. The molecule has 5 nitrogen and oxygen atoms in total. The van der Waals surface area contributed by atoms with Gasteiger partial charge in [0.2, 0.25) is 0 Å². The summed E-state index contributed by atoms with van der Waals surface area (Å²) in [6, 6.07) is 5.83. The van der Waals surface area contributed by atoms with E-state index in [2.05, 4.69) is 36.4 Å². The second kappa shape index (κ2) is 7.76. The number of hydrogen-bond donors (Lipinski definition) is 2. The number of guanidine groups is 1. The van der Waals surface area contributed by atoms with Crippen molar-refractivity contribution in [1.82, 2.24) is 10.6 Å². The number of hydrogen-bond acceptors (Lipinski definition) is 3. The molecule has 0 atom stereocenters. The third-order valence-corrected chi connectivity index (χ3v) is 2.89. The van der Waals surface area contributed by atoms with Crippen LogP contribution in [0.3, 0.4) is 0 Å². The molecule has 0 amide bonds. The Kier molecular flexibility index (Phi) is 6.34. The SMILES string of the molecule is CN=C(NCCc1cc(OC)ccc1OC)NC(C)(C)C. The maximum absolute atomic E-state index is 5.38. The first kappa shape index (κ1) is 17.1. The molecular weight excluding hydrogens is 266 g/mol. The van der Waals surface area contributed by atoms with Gasteiger partial charge < -0.3 is 20.1 Å². The zero-order valence-corrected chi connectivity index (χ0v) is 13.9. The lowest BCUT2D eigenvalue weighted by Crippen LogP contribution is -2.48. The summed E-state index contributed by atoms with van der Waals surface area (Å²) in [7, 11) is 5.12. The van der Waals surface area contributed by atoms with E-state index in [1.807, 2.05) is 18.2 Å². The van der Waals surface area contributed by atoms with Crippen LogP contribution in [0.25, 0.3) is 0 Å². The number of aliphatic imine (C=N–C) groups is 1. The van der Waals surface area contributed by atoms with E-state index in [0.717, 1.165) is 36.0 Å². The molecule has 0 saturated carbocycles. The zero-order valence-electron chi connectivity index (χ0n) is 13.9. The van der Waals surface area contributed by atoms with Crippen molar-refractivity contribution in [3.8, 4) is 11.5 Å². The van der Waals surface area contributed by atoms with Gasteiger partial charge in [-0.3, -0.25) is 4.99 Å². The van der Waals surface area contributed by atoms with E-state index in [-0.39, 0.29) is 5.54 Å². The third-order valence-electron chi connectivity index (χ3n) is 2.89. The highest BCUT2D eigenvalue weighted by atomic mass is 16.5. The minimum Gasteiger partial charge on any atom is -0.497 e. The van der Waals surface area contributed by atoms with E-state index in [9.17, 15) is 0 Å². The Morgan fingerprint density at radius 3 is 2.43 bits per heavy atom. The summed E-state index contributed by atoms with van der Waals surface area (Å²) in [6.07, 6.45) is 0.825. The molecule has 2 N–H and O–H groups in total. The van der Waals surface area contributed by atoms with Gasteiger partial charge in [-0.15, -0.1) is 0 Å². The molecule has 0 heterocycles. The van der Waals surface area contributed by atoms with E-state index in [1.165, 1.54) is 0 Å². The van der Waals surface area contributed by atoms with Crippen LogP contribution >= 0.6 is 0 Å². The van der Waals surface area contributed by atoms with Crippen LogP contribution in [-0.2, 0) is 6.42 Å². The Morgan fingerprint density at radius 1 is 1.19 bits per heavy atom. The first-order valence-corrected chi connectivity index (χ1v) is 7.09. The van der Waals surface area contributed by atoms with Crippen LogP contribution in [0.5, 0.6) is 11.5 Å². The predicted octanol–water partition coefficient (Wildman–Crippen LogP) is 2.21. The molecule has 1 aromatic carbocycles. The van der Waals surface area contributed by atoms with Gasteiger partial charge in [-0.05, 0) is 51.0 Å². The molecule has 0 bridgehead atoms. The molecule has 0 fully saturated rings. The van der Waals surface area contributed by atoms with Crippen molar-refractivity contribution in [3.63, 3.8) is 0 Å². The molecule has 0 aliphatic heterocycles. The van der Waals surface area contributed by atoms with Crippen LogP contribution in [0.4, 0.5) is 0 Å². The Labute approximate surface area is 127 Å². The van der Waals surface area contributed by atoms with Gasteiger partial charge >= 0.3 is 0 Å². The topological polar surface area (TPSA) is 54.9 Å². The molecular formula is C16H27N3O2. The summed E-state index contributed by atoms with van der Waals surface area (Å²) < 4.78 is 10.6. The lowest BCUT2D eigenvalue weighted by atomic mass is 10.1. The average molecular weight is 293 g/mol. The fourth-order valence-electron chi connectivity index (χ4n) is 1.93. The smallest absolute Gasteiger partial charge is 0.191 e. The summed E-state index contributed by atoms with van der Waals surface area (Å²) in [6.45, 7) is 7.07. The highest BCUT2D eigenvalue weighted by molar-refractivity contribution is 5.80. The standard InChI is InChI=1S/C16H27N3O2/c1-16(2,3)19-15(17-4)18-10-9-12-11-13(20-5)7-8-14(12)21-6/h7-8,11H,9-10H2,1-6H3,(H2,17,18,19). The van der Waals surface area contributed by atoms with Gasteiger partial charge in [0.05, 0.1) is 14.2 Å². The molecule has 0 saturated heterocycles. The van der Waals surface area contributed by atoms with E-state index < -0.39 is 0 Å². The van der Waals surface area contributed by atoms with Gasteiger partial charge in [0.15, 0.2) is 5.96 Å². The largest absolute Gasteiger partial charge is 0.497 e. The molecule has 0 aliphatic rings. The first-order valence-electron chi connectivity index (χ1n) is 7.09. The van der Waals surface area contributed by atoms with Gasteiger partial charge in [0.25, 0.3) is 0 Å². The summed E-state index contributed by atoms with van der Waals surface area (Å²) >= 11 is 0. The monoisotopic (exact) mass is 293 g/mol. The minimum atomic E-state index is -0.0184. The van der Waals surface area contributed by atoms with Crippen molar-refractivity contribution in [3.05, 3.63) is 23.8 Å². The van der Waals surface area contributed by atoms with E-state index in [4.69, 9.17) is 9.47 Å². The van der Waals surface area contributed by atoms with Crippen molar-refractivity contribution < 1.29 is 9.47 Å². The Hall–Kier alpha value is -1.91. The molecule has 0 radical (unpaired) electrons. The van der Waals surface area contributed by atoms with Crippen LogP contribution in [0, 0.1) is 0 Å². The van der Waals surface area contributed by atoms with Crippen LogP contribution < -0.4 is 20.1 Å². The van der Waals surface area contributed by atoms with Gasteiger partial charge in [0, 0.05) is 19.1 Å². The molecule has 5 heteroatoms. The zero-order chi connectivity index (χ0) is 15.9. The predicted molar refractivity (Wildman–Crippen MR) is 87.5 cm³/mol. The summed E-state index contributed by atoms with van der Waals surface area (Å²) in [5, 5.41) is 6.63. The molecule has 1 aromatic rings. The van der Waals surface area contributed by atoms with Gasteiger partial charge in [-0.2, -0.15) is 0 Å². The van der Waals surface area contributed by atoms with Crippen LogP contribution in [0.15, 0.2) is 23.2 Å². The summed E-state index contributed by atoms with van der Waals surface area (Å²) in [5.74, 6) is 2.50. The average Bonchev–Trinajstić information content (AvgIpc) is 2.44. The lowest BCUT2D eigenvalue weighted by Gasteiger charge is -2.23. The van der Waals surface area contributed by atoms with Crippen molar-refractivity contribution in [2.24, 2.45) is 4.99 Å². The second-order valence-electron chi connectivity index (χ2n) is 5.80. The number of nitrogens with one attached hydrogen (secondary N) is 2. The molecule has 21 heavy (non-hydrogen) atoms. The highest BCUT2D eigenvalue weighted by Gasteiger charge is 2.12. The molecule has 0 aliphatic carbocycles. The Bertz CT molecular complexity index is 479. The van der Waals surface area contributed by atoms with E-state index in [1.54, 1.807) is 21.3 Å². The number of ether oxygens (including phenoxy) is 2. The molecule has 0 unspecified atom stereocenters. The number of benzene rings is 1. The molecule has 1 rings (SSSR count). The van der Waals surface area contributed by atoms with Crippen molar-refractivity contribution in [1.29, 1.82) is 0 Å². The Morgan fingerprint density at radius 2 is 1.90 bits per heavy atom. The third kappa shape index (κ3) is 5.94.